The number of nitrogens with one attached hydrogen (secondary N) is 4. The van der Waals surface area contributed by atoms with Crippen LogP contribution < -0.4 is 21.7 Å². The van der Waals surface area contributed by atoms with Gasteiger partial charge >= 0.3 is 11.9 Å². The van der Waals surface area contributed by atoms with Crippen LogP contribution >= 0.6 is 0 Å². The summed E-state index contributed by atoms with van der Waals surface area (Å²) in [7, 11) is 0. The SMILES string of the molecule is CCC(C)C(N)C(=O)NC(C(=O)NC(CC(=O)O)C(=O)NC(Cc1cnc[nH]1)C(=O)O)C(C)O. The van der Waals surface area contributed by atoms with Crippen molar-refractivity contribution in [2.24, 2.45) is 11.7 Å². The number of hydrogen-bond donors (Lipinski definition) is 8. The number of aliphatic carboxylic acids is 2. The molecule has 6 unspecified atom stereocenters. The van der Waals surface area contributed by atoms with Gasteiger partial charge in [0.25, 0.3) is 0 Å². The highest BCUT2D eigenvalue weighted by molar-refractivity contribution is 5.95. The van der Waals surface area contributed by atoms with E-state index in [1.54, 1.807) is 6.92 Å². The first-order valence-electron chi connectivity index (χ1n) is 10.6. The highest BCUT2D eigenvalue weighted by Gasteiger charge is 2.34. The number of aromatic amines is 1. The fourth-order valence-electron chi connectivity index (χ4n) is 2.90. The molecular weight excluding hydrogens is 452 g/mol. The number of hydrogen-bond acceptors (Lipinski definition) is 8. The Labute approximate surface area is 195 Å². The van der Waals surface area contributed by atoms with Crippen LogP contribution in [-0.4, -0.2) is 85.2 Å². The molecule has 0 aromatic carbocycles. The number of carboxylic acids is 2. The molecule has 0 saturated carbocycles. The molecule has 0 bridgehead atoms. The standard InChI is InChI=1S/C20H32N6O8/c1-4-9(2)15(21)18(31)26-16(10(3)27)19(32)24-12(6-14(28)29)17(30)25-13(20(33)34)5-11-7-22-8-23-11/h7-10,12-13,15-16,27H,4-6,21H2,1-3H3,(H,22,23)(H,24,32)(H,25,30)(H,26,31)(H,28,29)(H,33,34). The molecule has 1 aromatic heterocycles. The first-order valence-corrected chi connectivity index (χ1v) is 10.6. The molecule has 14 heteroatoms. The van der Waals surface area contributed by atoms with E-state index in [-0.39, 0.29) is 12.3 Å². The van der Waals surface area contributed by atoms with Crippen molar-refractivity contribution in [1.82, 2.24) is 25.9 Å². The second-order valence-corrected chi connectivity index (χ2v) is 7.98. The number of carbonyl (C=O) groups excluding carboxylic acids is 3. The van der Waals surface area contributed by atoms with Gasteiger partial charge in [-0.2, -0.15) is 0 Å². The normalized spacial score (nSPS) is 16.3. The Morgan fingerprint density at radius 2 is 1.65 bits per heavy atom. The average molecular weight is 485 g/mol. The lowest BCUT2D eigenvalue weighted by Gasteiger charge is -2.26. The van der Waals surface area contributed by atoms with Crippen LogP contribution in [0.2, 0.25) is 0 Å². The number of carbonyl (C=O) groups is 5. The first-order chi connectivity index (χ1) is 15.9. The minimum atomic E-state index is -1.69. The number of imidazole rings is 1. The van der Waals surface area contributed by atoms with Crippen molar-refractivity contribution in [1.29, 1.82) is 0 Å². The summed E-state index contributed by atoms with van der Waals surface area (Å²) in [6.45, 7) is 4.77. The van der Waals surface area contributed by atoms with Gasteiger partial charge in [-0.15, -0.1) is 0 Å². The number of amides is 3. The van der Waals surface area contributed by atoms with Gasteiger partial charge in [0.1, 0.15) is 18.1 Å². The fraction of sp³-hybridized carbons (Fsp3) is 0.600. The molecule has 1 rings (SSSR count). The third-order valence-corrected chi connectivity index (χ3v) is 5.23. The highest BCUT2D eigenvalue weighted by atomic mass is 16.4. The quantitative estimate of drug-likeness (QED) is 0.141. The third kappa shape index (κ3) is 8.78. The van der Waals surface area contributed by atoms with E-state index in [1.165, 1.54) is 19.4 Å². The van der Waals surface area contributed by atoms with Gasteiger partial charge in [-0.25, -0.2) is 9.78 Å². The topological polar surface area (TPSA) is 237 Å². The molecule has 3 amide bonds. The zero-order chi connectivity index (χ0) is 26.0. The zero-order valence-electron chi connectivity index (χ0n) is 19.1. The minimum Gasteiger partial charge on any atom is -0.481 e. The molecule has 34 heavy (non-hydrogen) atoms. The summed E-state index contributed by atoms with van der Waals surface area (Å²) in [5.74, 6) is -5.88. The number of nitrogens with two attached hydrogens (primary N) is 1. The maximum absolute atomic E-state index is 12.7. The zero-order valence-corrected chi connectivity index (χ0v) is 19.1. The van der Waals surface area contributed by atoms with Crippen LogP contribution in [0.25, 0.3) is 0 Å². The van der Waals surface area contributed by atoms with Crippen molar-refractivity contribution in [3.63, 3.8) is 0 Å². The van der Waals surface area contributed by atoms with Gasteiger partial charge < -0.3 is 42.0 Å². The van der Waals surface area contributed by atoms with Crippen molar-refractivity contribution in [2.45, 2.75) is 70.3 Å². The molecule has 0 radical (unpaired) electrons. The number of aromatic nitrogens is 2. The smallest absolute Gasteiger partial charge is 0.326 e. The number of aliphatic hydroxyl groups excluding tert-OH is 1. The van der Waals surface area contributed by atoms with Gasteiger partial charge in [0.05, 0.1) is 24.9 Å². The van der Waals surface area contributed by atoms with Gasteiger partial charge in [-0.1, -0.05) is 20.3 Å². The van der Waals surface area contributed by atoms with Crippen LogP contribution in [0.5, 0.6) is 0 Å². The Kier molecular flexibility index (Phi) is 11.1. The molecule has 0 aliphatic carbocycles. The van der Waals surface area contributed by atoms with Gasteiger partial charge in [0.2, 0.25) is 17.7 Å². The number of aliphatic hydroxyl groups is 1. The number of carboxylic acid groups (broad SMARTS) is 2. The summed E-state index contributed by atoms with van der Waals surface area (Å²) in [6.07, 6.45) is 0.813. The van der Waals surface area contributed by atoms with E-state index in [4.69, 9.17) is 10.8 Å². The molecule has 0 aliphatic heterocycles. The molecule has 1 heterocycles. The predicted octanol–water partition coefficient (Wildman–Crippen LogP) is -2.28. The van der Waals surface area contributed by atoms with E-state index in [1.807, 2.05) is 6.92 Å². The van der Waals surface area contributed by atoms with Crippen LogP contribution in [0.1, 0.15) is 39.3 Å². The fourth-order valence-corrected chi connectivity index (χ4v) is 2.90. The second-order valence-electron chi connectivity index (χ2n) is 7.98. The van der Waals surface area contributed by atoms with Crippen molar-refractivity contribution >= 4 is 29.7 Å². The van der Waals surface area contributed by atoms with Gasteiger partial charge in [-0.3, -0.25) is 19.2 Å². The van der Waals surface area contributed by atoms with Crippen LogP contribution in [0, 0.1) is 5.92 Å². The molecule has 0 aliphatic rings. The van der Waals surface area contributed by atoms with Crippen molar-refractivity contribution in [3.05, 3.63) is 18.2 Å². The summed E-state index contributed by atoms with van der Waals surface area (Å²) in [5, 5.41) is 35.2. The Morgan fingerprint density at radius 3 is 2.12 bits per heavy atom. The Bertz CT molecular complexity index is 859. The lowest BCUT2D eigenvalue weighted by atomic mass is 9.98. The highest BCUT2D eigenvalue weighted by Crippen LogP contribution is 2.07. The van der Waals surface area contributed by atoms with Crippen LogP contribution in [-0.2, 0) is 30.4 Å². The molecule has 1 aromatic rings. The van der Waals surface area contributed by atoms with Gasteiger partial charge in [-0.05, 0) is 12.8 Å². The molecule has 9 N–H and O–H groups in total. The molecule has 0 fully saturated rings. The maximum Gasteiger partial charge on any atom is 0.326 e. The van der Waals surface area contributed by atoms with E-state index in [0.29, 0.717) is 12.1 Å². The summed E-state index contributed by atoms with van der Waals surface area (Å²) in [4.78, 5) is 67.0. The Hall–Kier alpha value is -3.52. The van der Waals surface area contributed by atoms with Crippen molar-refractivity contribution in [2.75, 3.05) is 0 Å². The van der Waals surface area contributed by atoms with Crippen LogP contribution in [0.3, 0.4) is 0 Å². The maximum atomic E-state index is 12.7. The lowest BCUT2D eigenvalue weighted by molar-refractivity contribution is -0.144. The second kappa shape index (κ2) is 13.3. The largest absolute Gasteiger partial charge is 0.481 e. The molecule has 190 valence electrons. The number of nitrogens with zero attached hydrogens (tertiary/aromatic N) is 1. The summed E-state index contributed by atoms with van der Waals surface area (Å²) in [6, 6.07) is -5.63. The average Bonchev–Trinajstić information content (AvgIpc) is 3.27. The summed E-state index contributed by atoms with van der Waals surface area (Å²) < 4.78 is 0. The molecule has 14 nitrogen and oxygen atoms in total. The van der Waals surface area contributed by atoms with Gasteiger partial charge in [0, 0.05) is 18.3 Å². The van der Waals surface area contributed by atoms with Gasteiger partial charge in [0.15, 0.2) is 0 Å². The summed E-state index contributed by atoms with van der Waals surface area (Å²) >= 11 is 0. The number of rotatable bonds is 14. The van der Waals surface area contributed by atoms with Crippen LogP contribution in [0.4, 0.5) is 0 Å². The molecule has 0 spiro atoms. The van der Waals surface area contributed by atoms with E-state index in [9.17, 15) is 34.2 Å². The van der Waals surface area contributed by atoms with E-state index in [0.717, 1.165) is 0 Å². The minimum absolute atomic E-state index is 0.172. The van der Waals surface area contributed by atoms with E-state index >= 15 is 0 Å². The first kappa shape index (κ1) is 28.5. The van der Waals surface area contributed by atoms with E-state index < -0.39 is 66.4 Å². The predicted molar refractivity (Wildman–Crippen MR) is 117 cm³/mol. The van der Waals surface area contributed by atoms with Crippen molar-refractivity contribution < 1.29 is 39.3 Å². The molecule has 6 atom stereocenters. The lowest BCUT2D eigenvalue weighted by Crippen LogP contribution is -2.60. The monoisotopic (exact) mass is 484 g/mol. The number of H-pyrrole nitrogens is 1. The third-order valence-electron chi connectivity index (χ3n) is 5.23. The molecular formula is C20H32N6O8. The molecule has 0 saturated heterocycles. The van der Waals surface area contributed by atoms with Crippen molar-refractivity contribution in [3.8, 4) is 0 Å². The van der Waals surface area contributed by atoms with Crippen LogP contribution in [0.15, 0.2) is 12.5 Å². The Balaban J connectivity index is 2.97. The Morgan fingerprint density at radius 1 is 1.03 bits per heavy atom. The van der Waals surface area contributed by atoms with E-state index in [2.05, 4.69) is 25.9 Å². The summed E-state index contributed by atoms with van der Waals surface area (Å²) in [5.41, 5.74) is 6.25.